The second-order valence-corrected chi connectivity index (χ2v) is 4.14. The highest BCUT2D eigenvalue weighted by Gasteiger charge is 2.12. The lowest BCUT2D eigenvalue weighted by Crippen LogP contribution is -2.12. The van der Waals surface area contributed by atoms with E-state index in [9.17, 15) is 4.79 Å². The van der Waals surface area contributed by atoms with Crippen molar-refractivity contribution in [2.24, 2.45) is 0 Å². The molecule has 1 aromatic carbocycles. The van der Waals surface area contributed by atoms with Crippen LogP contribution in [0, 0.1) is 0 Å². The summed E-state index contributed by atoms with van der Waals surface area (Å²) in [5.74, 6) is -0.141. The molecule has 0 N–H and O–H groups in total. The highest BCUT2D eigenvalue weighted by Crippen LogP contribution is 2.21. The SMILES string of the molecule is CCOC(=O)C[C@H](C)n1ccc2ccccc21. The topological polar surface area (TPSA) is 31.2 Å². The second kappa shape index (κ2) is 5.04. The van der Waals surface area contributed by atoms with Crippen molar-refractivity contribution in [2.45, 2.75) is 26.3 Å². The number of carbonyl (C=O) groups excluding carboxylic acids is 1. The number of hydrogen-bond acceptors (Lipinski definition) is 2. The molecule has 0 aliphatic carbocycles. The fourth-order valence-corrected chi connectivity index (χ4v) is 2.05. The molecule has 2 aromatic rings. The maximum Gasteiger partial charge on any atom is 0.307 e. The zero-order chi connectivity index (χ0) is 12.3. The molecule has 1 heterocycles. The molecule has 1 atom stereocenters. The van der Waals surface area contributed by atoms with E-state index < -0.39 is 0 Å². The van der Waals surface area contributed by atoms with Crippen molar-refractivity contribution < 1.29 is 9.53 Å². The van der Waals surface area contributed by atoms with Crippen LogP contribution in [0.5, 0.6) is 0 Å². The van der Waals surface area contributed by atoms with E-state index in [4.69, 9.17) is 4.74 Å². The molecule has 3 heteroatoms. The summed E-state index contributed by atoms with van der Waals surface area (Å²) in [6.45, 7) is 4.30. The van der Waals surface area contributed by atoms with Crippen LogP contribution >= 0.6 is 0 Å². The predicted octanol–water partition coefficient (Wildman–Crippen LogP) is 3.16. The highest BCUT2D eigenvalue weighted by molar-refractivity contribution is 5.80. The summed E-state index contributed by atoms with van der Waals surface area (Å²) in [5.41, 5.74) is 1.16. The Morgan fingerprint density at radius 1 is 1.35 bits per heavy atom. The lowest BCUT2D eigenvalue weighted by Gasteiger charge is -2.14. The van der Waals surface area contributed by atoms with Crippen LogP contribution in [-0.2, 0) is 9.53 Å². The van der Waals surface area contributed by atoms with E-state index in [1.54, 1.807) is 0 Å². The molecule has 0 saturated carbocycles. The minimum absolute atomic E-state index is 0.119. The molecule has 1 aromatic heterocycles. The monoisotopic (exact) mass is 231 g/mol. The summed E-state index contributed by atoms with van der Waals surface area (Å²) < 4.78 is 7.09. The van der Waals surface area contributed by atoms with Gasteiger partial charge in [0.1, 0.15) is 0 Å². The fourth-order valence-electron chi connectivity index (χ4n) is 2.05. The Kier molecular flexibility index (Phi) is 3.47. The third-order valence-corrected chi connectivity index (χ3v) is 2.87. The smallest absolute Gasteiger partial charge is 0.307 e. The van der Waals surface area contributed by atoms with Crippen LogP contribution < -0.4 is 0 Å². The van der Waals surface area contributed by atoms with Gasteiger partial charge < -0.3 is 9.30 Å². The molecule has 2 rings (SSSR count). The van der Waals surface area contributed by atoms with E-state index in [0.717, 1.165) is 5.52 Å². The Bertz CT molecular complexity index is 516. The third-order valence-electron chi connectivity index (χ3n) is 2.87. The van der Waals surface area contributed by atoms with E-state index in [1.165, 1.54) is 5.39 Å². The molecule has 90 valence electrons. The van der Waals surface area contributed by atoms with Crippen LogP contribution in [0.3, 0.4) is 0 Å². The standard InChI is InChI=1S/C14H17NO2/c1-3-17-14(16)10-11(2)15-9-8-12-6-4-5-7-13(12)15/h4-9,11H,3,10H2,1-2H3/t11-/m0/s1. The Morgan fingerprint density at radius 3 is 2.88 bits per heavy atom. The molecule has 0 amide bonds. The van der Waals surface area contributed by atoms with Crippen molar-refractivity contribution in [3.05, 3.63) is 36.5 Å². The molecule has 0 saturated heterocycles. The van der Waals surface area contributed by atoms with E-state index in [0.29, 0.717) is 13.0 Å². The van der Waals surface area contributed by atoms with Crippen molar-refractivity contribution in [2.75, 3.05) is 6.61 Å². The van der Waals surface area contributed by atoms with Crippen molar-refractivity contribution in [3.8, 4) is 0 Å². The second-order valence-electron chi connectivity index (χ2n) is 4.14. The van der Waals surface area contributed by atoms with Gasteiger partial charge in [-0.25, -0.2) is 0 Å². The molecule has 0 radical (unpaired) electrons. The van der Waals surface area contributed by atoms with Gasteiger partial charge in [0.05, 0.1) is 13.0 Å². The van der Waals surface area contributed by atoms with Gasteiger partial charge in [-0.3, -0.25) is 4.79 Å². The Labute approximate surface area is 101 Å². The average molecular weight is 231 g/mol. The van der Waals surface area contributed by atoms with Gasteiger partial charge in [-0.1, -0.05) is 18.2 Å². The number of para-hydroxylation sites is 1. The summed E-state index contributed by atoms with van der Waals surface area (Å²) in [6, 6.07) is 10.4. The molecular formula is C14H17NO2. The first-order valence-electron chi connectivity index (χ1n) is 5.93. The van der Waals surface area contributed by atoms with Gasteiger partial charge in [-0.05, 0) is 31.4 Å². The third kappa shape index (κ3) is 2.49. The number of hydrogen-bond donors (Lipinski definition) is 0. The van der Waals surface area contributed by atoms with Gasteiger partial charge in [0.2, 0.25) is 0 Å². The molecule has 0 aliphatic heterocycles. The minimum atomic E-state index is -0.141. The summed E-state index contributed by atoms with van der Waals surface area (Å²) in [6.07, 6.45) is 2.43. The summed E-state index contributed by atoms with van der Waals surface area (Å²) in [7, 11) is 0. The first-order valence-corrected chi connectivity index (χ1v) is 5.93. The predicted molar refractivity (Wildman–Crippen MR) is 67.9 cm³/mol. The normalized spacial score (nSPS) is 12.6. The van der Waals surface area contributed by atoms with Crippen LogP contribution in [0.2, 0.25) is 0 Å². The Morgan fingerprint density at radius 2 is 2.12 bits per heavy atom. The van der Waals surface area contributed by atoms with Gasteiger partial charge >= 0.3 is 5.97 Å². The minimum Gasteiger partial charge on any atom is -0.466 e. The van der Waals surface area contributed by atoms with E-state index in [1.807, 2.05) is 32.2 Å². The maximum atomic E-state index is 11.4. The van der Waals surface area contributed by atoms with Gasteiger partial charge in [-0.15, -0.1) is 0 Å². The zero-order valence-electron chi connectivity index (χ0n) is 10.2. The van der Waals surface area contributed by atoms with Crippen LogP contribution in [0.15, 0.2) is 36.5 Å². The number of benzene rings is 1. The number of nitrogens with zero attached hydrogens (tertiary/aromatic N) is 1. The Hall–Kier alpha value is -1.77. The van der Waals surface area contributed by atoms with Crippen molar-refractivity contribution in [1.29, 1.82) is 0 Å². The van der Waals surface area contributed by atoms with E-state index >= 15 is 0 Å². The maximum absolute atomic E-state index is 11.4. The number of rotatable bonds is 4. The highest BCUT2D eigenvalue weighted by atomic mass is 16.5. The van der Waals surface area contributed by atoms with Gasteiger partial charge in [0, 0.05) is 17.8 Å². The quantitative estimate of drug-likeness (QED) is 0.757. The van der Waals surface area contributed by atoms with Crippen molar-refractivity contribution >= 4 is 16.9 Å². The number of ether oxygens (including phenoxy) is 1. The zero-order valence-corrected chi connectivity index (χ0v) is 10.2. The van der Waals surface area contributed by atoms with Gasteiger partial charge in [0.25, 0.3) is 0 Å². The van der Waals surface area contributed by atoms with Gasteiger partial charge in [0.15, 0.2) is 0 Å². The van der Waals surface area contributed by atoms with Crippen LogP contribution in [-0.4, -0.2) is 17.1 Å². The molecule has 3 nitrogen and oxygen atoms in total. The Balaban J connectivity index is 2.19. The van der Waals surface area contributed by atoms with E-state index in [2.05, 4.69) is 22.8 Å². The largest absolute Gasteiger partial charge is 0.466 e. The lowest BCUT2D eigenvalue weighted by atomic mass is 10.2. The number of esters is 1. The summed E-state index contributed by atoms with van der Waals surface area (Å²) >= 11 is 0. The number of carbonyl (C=O) groups is 1. The molecule has 0 spiro atoms. The van der Waals surface area contributed by atoms with Crippen molar-refractivity contribution in [3.63, 3.8) is 0 Å². The molecular weight excluding hydrogens is 214 g/mol. The average Bonchev–Trinajstić information content (AvgIpc) is 2.72. The summed E-state index contributed by atoms with van der Waals surface area (Å²) in [5, 5.41) is 1.20. The van der Waals surface area contributed by atoms with Crippen LogP contribution in [0.1, 0.15) is 26.3 Å². The molecule has 17 heavy (non-hydrogen) atoms. The summed E-state index contributed by atoms with van der Waals surface area (Å²) in [4.78, 5) is 11.4. The van der Waals surface area contributed by atoms with E-state index in [-0.39, 0.29) is 12.0 Å². The first kappa shape index (κ1) is 11.7. The molecule has 0 fully saturated rings. The van der Waals surface area contributed by atoms with Crippen LogP contribution in [0.25, 0.3) is 10.9 Å². The number of fused-ring (bicyclic) bond motifs is 1. The van der Waals surface area contributed by atoms with Crippen molar-refractivity contribution in [1.82, 2.24) is 4.57 Å². The lowest BCUT2D eigenvalue weighted by molar-refractivity contribution is -0.143. The van der Waals surface area contributed by atoms with Gasteiger partial charge in [-0.2, -0.15) is 0 Å². The molecule has 0 aliphatic rings. The number of aromatic nitrogens is 1. The van der Waals surface area contributed by atoms with Crippen LogP contribution in [0.4, 0.5) is 0 Å². The first-order chi connectivity index (χ1) is 8.22. The fraction of sp³-hybridized carbons (Fsp3) is 0.357. The molecule has 0 unspecified atom stereocenters. The molecule has 0 bridgehead atoms.